The van der Waals surface area contributed by atoms with Crippen molar-refractivity contribution < 1.29 is 27.5 Å². The second kappa shape index (κ2) is 8.94. The Balaban J connectivity index is 1.72. The first kappa shape index (κ1) is 23.2. The molecule has 7 nitrogen and oxygen atoms in total. The second-order valence-electron chi connectivity index (χ2n) is 7.37. The Morgan fingerprint density at radius 3 is 2.68 bits per heavy atom. The van der Waals surface area contributed by atoms with E-state index in [1.165, 1.54) is 17.0 Å². The van der Waals surface area contributed by atoms with Gasteiger partial charge in [-0.25, -0.2) is 12.8 Å². The summed E-state index contributed by atoms with van der Waals surface area (Å²) in [7, 11) is -3.26. The lowest BCUT2D eigenvalue weighted by atomic mass is 10.0. The molecule has 2 aromatic carbocycles. The van der Waals surface area contributed by atoms with E-state index in [4.69, 9.17) is 11.6 Å². The molecule has 0 radical (unpaired) electrons. The largest absolute Gasteiger partial charge is 0.372 e. The summed E-state index contributed by atoms with van der Waals surface area (Å²) in [5.41, 5.74) is -0.985. The van der Waals surface area contributed by atoms with Gasteiger partial charge in [0.15, 0.2) is 9.84 Å². The average Bonchev–Trinajstić information content (AvgIpc) is 3.01. The third kappa shape index (κ3) is 5.23. The molecule has 1 heterocycles. The molecule has 0 spiro atoms. The number of halogens is 2. The smallest absolute Gasteiger partial charge is 0.268 e. The first-order chi connectivity index (χ1) is 14.5. The topological polar surface area (TPSA) is 104 Å². The minimum absolute atomic E-state index is 0.00365. The molecule has 3 rings (SSSR count). The number of carbonyl (C=O) groups is 2. The highest BCUT2D eigenvalue weighted by atomic mass is 35.5. The van der Waals surface area contributed by atoms with E-state index in [1.807, 2.05) is 0 Å². The summed E-state index contributed by atoms with van der Waals surface area (Å²) >= 11 is 5.79. The number of hydrogen-bond donors (Lipinski definition) is 2. The summed E-state index contributed by atoms with van der Waals surface area (Å²) in [6.07, 6.45) is -0.140. The molecule has 0 bridgehead atoms. The van der Waals surface area contributed by atoms with Gasteiger partial charge in [-0.15, -0.1) is 0 Å². The molecule has 0 saturated carbocycles. The van der Waals surface area contributed by atoms with Crippen LogP contribution >= 0.6 is 11.6 Å². The van der Waals surface area contributed by atoms with Gasteiger partial charge in [0.25, 0.3) is 11.8 Å². The molecule has 1 fully saturated rings. The summed E-state index contributed by atoms with van der Waals surface area (Å²) in [4.78, 5) is 26.7. The second-order valence-corrected chi connectivity index (χ2v) is 10.2. The van der Waals surface area contributed by atoms with Crippen molar-refractivity contribution in [3.63, 3.8) is 0 Å². The van der Waals surface area contributed by atoms with Gasteiger partial charge in [0, 0.05) is 36.0 Å². The molecule has 2 aromatic rings. The van der Waals surface area contributed by atoms with Crippen LogP contribution in [0.4, 0.5) is 10.1 Å². The lowest BCUT2D eigenvalue weighted by molar-refractivity contribution is -0.149. The highest BCUT2D eigenvalue weighted by molar-refractivity contribution is 7.90. The molecule has 1 aliphatic rings. The molecule has 10 heteroatoms. The molecular weight excluding hydrogens is 447 g/mol. The fourth-order valence-corrected chi connectivity index (χ4v) is 4.51. The van der Waals surface area contributed by atoms with Crippen molar-refractivity contribution in [2.45, 2.75) is 31.2 Å². The number of nitrogens with one attached hydrogen (secondary N) is 1. The van der Waals surface area contributed by atoms with E-state index in [1.54, 1.807) is 31.2 Å². The Hall–Kier alpha value is -2.49. The van der Waals surface area contributed by atoms with Gasteiger partial charge in [-0.3, -0.25) is 9.59 Å². The molecule has 1 atom stereocenters. The number of aliphatic hydroxyl groups is 1. The summed E-state index contributed by atoms with van der Waals surface area (Å²) in [5, 5.41) is 13.4. The molecule has 31 heavy (non-hydrogen) atoms. The molecule has 0 unspecified atom stereocenters. The quantitative estimate of drug-likeness (QED) is 0.606. The van der Waals surface area contributed by atoms with Gasteiger partial charge < -0.3 is 15.3 Å². The molecule has 2 amide bonds. The van der Waals surface area contributed by atoms with Crippen molar-refractivity contribution in [2.24, 2.45) is 0 Å². The highest BCUT2D eigenvalue weighted by Gasteiger charge is 2.51. The Bertz CT molecular complexity index is 1100. The van der Waals surface area contributed by atoms with Crippen molar-refractivity contribution >= 4 is 38.9 Å². The average molecular weight is 469 g/mol. The lowest BCUT2D eigenvalue weighted by Crippen LogP contribution is -2.52. The first-order valence-corrected chi connectivity index (χ1v) is 11.8. The van der Waals surface area contributed by atoms with E-state index < -0.39 is 33.1 Å². The maximum Gasteiger partial charge on any atom is 0.268 e. The summed E-state index contributed by atoms with van der Waals surface area (Å²) < 4.78 is 37.2. The maximum absolute atomic E-state index is 13.4. The fourth-order valence-electron chi connectivity index (χ4n) is 3.37. The Morgan fingerprint density at radius 2 is 2.00 bits per heavy atom. The van der Waals surface area contributed by atoms with E-state index in [2.05, 4.69) is 5.32 Å². The molecule has 0 aromatic heterocycles. The molecule has 166 valence electrons. The zero-order chi connectivity index (χ0) is 22.8. The van der Waals surface area contributed by atoms with Crippen LogP contribution in [0.15, 0.2) is 42.5 Å². The van der Waals surface area contributed by atoms with Crippen LogP contribution in [-0.4, -0.2) is 43.2 Å². The number of hydrogen-bond acceptors (Lipinski definition) is 5. The zero-order valence-electron chi connectivity index (χ0n) is 16.8. The number of rotatable bonds is 7. The van der Waals surface area contributed by atoms with E-state index in [0.29, 0.717) is 16.8 Å². The number of benzene rings is 2. The zero-order valence-corrected chi connectivity index (χ0v) is 18.3. The van der Waals surface area contributed by atoms with Crippen molar-refractivity contribution in [3.8, 4) is 0 Å². The van der Waals surface area contributed by atoms with Crippen molar-refractivity contribution in [2.75, 3.05) is 17.2 Å². The fraction of sp³-hybridized carbons (Fsp3) is 0.333. The van der Waals surface area contributed by atoms with Crippen molar-refractivity contribution in [3.05, 3.63) is 64.4 Å². The number of carbonyl (C=O) groups excluding carboxylic acids is 2. The number of sulfone groups is 1. The monoisotopic (exact) mass is 468 g/mol. The predicted octanol–water partition coefficient (Wildman–Crippen LogP) is 2.20. The molecular formula is C21H22ClFN2O5S. The minimum Gasteiger partial charge on any atom is -0.372 e. The Labute approximate surface area is 184 Å². The third-order valence-electron chi connectivity index (χ3n) is 5.10. The number of nitrogens with zero attached hydrogens (tertiary/aromatic N) is 1. The standard InChI is InChI=1S/C21H22ClFN2O5S/c1-2-31(29,30)13-14-4-3-5-18(10-14)25-7-6-21(28,20(25)27)19(26)24-12-15-8-16(22)11-17(23)9-15/h3-5,8-11,28H,2,6-7,12-13H2,1H3,(H,24,26)/t21-/m1/s1. The summed E-state index contributed by atoms with van der Waals surface area (Å²) in [6, 6.07) is 10.2. The van der Waals surface area contributed by atoms with Gasteiger partial charge in [0.05, 0.1) is 5.75 Å². The van der Waals surface area contributed by atoms with Crippen LogP contribution < -0.4 is 10.2 Å². The van der Waals surface area contributed by atoms with E-state index >= 15 is 0 Å². The maximum atomic E-state index is 13.4. The lowest BCUT2D eigenvalue weighted by Gasteiger charge is -2.22. The van der Waals surface area contributed by atoms with Crippen LogP contribution in [0.1, 0.15) is 24.5 Å². The van der Waals surface area contributed by atoms with Gasteiger partial charge >= 0.3 is 0 Å². The van der Waals surface area contributed by atoms with Crippen LogP contribution in [0.5, 0.6) is 0 Å². The first-order valence-electron chi connectivity index (χ1n) is 9.61. The highest BCUT2D eigenvalue weighted by Crippen LogP contribution is 2.29. The molecule has 1 saturated heterocycles. The summed E-state index contributed by atoms with van der Waals surface area (Å²) in [5.74, 6) is -2.44. The van der Waals surface area contributed by atoms with Gasteiger partial charge in [-0.1, -0.05) is 30.7 Å². The third-order valence-corrected chi connectivity index (χ3v) is 6.97. The summed E-state index contributed by atoms with van der Waals surface area (Å²) in [6.45, 7) is 1.52. The van der Waals surface area contributed by atoms with E-state index in [0.717, 1.165) is 6.07 Å². The van der Waals surface area contributed by atoms with E-state index in [-0.39, 0.29) is 36.0 Å². The van der Waals surface area contributed by atoms with Crippen LogP contribution in [0.25, 0.3) is 0 Å². The van der Waals surface area contributed by atoms with E-state index in [9.17, 15) is 27.5 Å². The van der Waals surface area contributed by atoms with Gasteiger partial charge in [-0.05, 0) is 41.5 Å². The van der Waals surface area contributed by atoms with Crippen LogP contribution in [-0.2, 0) is 31.7 Å². The minimum atomic E-state index is -3.26. The van der Waals surface area contributed by atoms with Crippen LogP contribution in [0.3, 0.4) is 0 Å². The number of amides is 2. The Morgan fingerprint density at radius 1 is 1.26 bits per heavy atom. The van der Waals surface area contributed by atoms with Gasteiger partial charge in [0.1, 0.15) is 5.82 Å². The van der Waals surface area contributed by atoms with Crippen molar-refractivity contribution in [1.82, 2.24) is 5.32 Å². The predicted molar refractivity (Wildman–Crippen MR) is 115 cm³/mol. The molecule has 1 aliphatic heterocycles. The van der Waals surface area contributed by atoms with Crippen LogP contribution in [0.2, 0.25) is 5.02 Å². The number of anilines is 1. The Kier molecular flexibility index (Phi) is 6.68. The van der Waals surface area contributed by atoms with Crippen molar-refractivity contribution in [1.29, 1.82) is 0 Å². The normalized spacial score (nSPS) is 19.0. The molecule has 2 N–H and O–H groups in total. The molecule has 0 aliphatic carbocycles. The van der Waals surface area contributed by atoms with Gasteiger partial charge in [-0.2, -0.15) is 0 Å². The van der Waals surface area contributed by atoms with Crippen LogP contribution in [0, 0.1) is 5.82 Å². The van der Waals surface area contributed by atoms with Gasteiger partial charge in [0.2, 0.25) is 5.60 Å². The SMILES string of the molecule is CCS(=O)(=O)Cc1cccc(N2CC[C@@](O)(C(=O)NCc3cc(F)cc(Cl)c3)C2=O)c1.